The molecule has 2 rings (SSSR count). The molecular formula is C10H13FeO4P-6. The van der Waals surface area contributed by atoms with Crippen molar-refractivity contribution in [3.05, 3.63) is 60.7 Å². The molecule has 0 saturated carbocycles. The van der Waals surface area contributed by atoms with Gasteiger partial charge < -0.3 is 45.0 Å². The monoisotopic (exact) mass is 284 g/mol. The quantitative estimate of drug-likeness (QED) is 0.392. The van der Waals surface area contributed by atoms with Crippen molar-refractivity contribution < 1.29 is 36.3 Å². The Bertz CT molecular complexity index is 270. The standard InChI is InChI=1S/2C5H5.Fe.H3O4P/c2*1-2-4-5-3-1;;1-5(2,3)4/h2*1-5H;;(H3,1,2,3,4)/q-5;-1;;. The summed E-state index contributed by atoms with van der Waals surface area (Å²) in [6.45, 7) is 0. The van der Waals surface area contributed by atoms with Gasteiger partial charge in [0.25, 0.3) is 0 Å². The van der Waals surface area contributed by atoms with Crippen molar-refractivity contribution in [2.75, 3.05) is 0 Å². The van der Waals surface area contributed by atoms with Gasteiger partial charge in [0.1, 0.15) is 0 Å². The third kappa shape index (κ3) is 23.3. The summed E-state index contributed by atoms with van der Waals surface area (Å²) in [5.41, 5.74) is 0. The van der Waals surface area contributed by atoms with E-state index in [2.05, 4.69) is 0 Å². The van der Waals surface area contributed by atoms with Crippen LogP contribution in [0.25, 0.3) is 0 Å². The van der Waals surface area contributed by atoms with Crippen molar-refractivity contribution in [2.45, 2.75) is 0 Å². The Morgan fingerprint density at radius 2 is 1.06 bits per heavy atom. The molecule has 6 heteroatoms. The predicted molar refractivity (Wildman–Crippen MR) is 58.3 cm³/mol. The number of phosphoric acid groups is 1. The van der Waals surface area contributed by atoms with Gasteiger partial charge in [-0.3, -0.25) is 0 Å². The topological polar surface area (TPSA) is 77.8 Å². The SMILES string of the molecule is O=P(O)(O)O.[Fe].[cH-]1[cH-][cH-][cH-][cH-]1.c1cc[cH-]c1. The van der Waals surface area contributed by atoms with Crippen LogP contribution in [0.2, 0.25) is 0 Å². The van der Waals surface area contributed by atoms with Crippen molar-refractivity contribution >= 4 is 7.82 Å². The molecule has 4 nitrogen and oxygen atoms in total. The molecule has 2 aromatic carbocycles. The summed E-state index contributed by atoms with van der Waals surface area (Å²) in [6, 6.07) is 20.0. The summed E-state index contributed by atoms with van der Waals surface area (Å²) in [4.78, 5) is 21.6. The van der Waals surface area contributed by atoms with Crippen LogP contribution < -0.4 is 0 Å². The van der Waals surface area contributed by atoms with Crippen LogP contribution in [-0.2, 0) is 21.6 Å². The summed E-state index contributed by atoms with van der Waals surface area (Å²) < 4.78 is 8.88. The second kappa shape index (κ2) is 10.8. The van der Waals surface area contributed by atoms with Gasteiger partial charge in [-0.1, -0.05) is 0 Å². The maximum absolute atomic E-state index is 8.88. The zero-order chi connectivity index (χ0) is 11.6. The Morgan fingerprint density at radius 3 is 1.19 bits per heavy atom. The first-order chi connectivity index (χ1) is 7.00. The van der Waals surface area contributed by atoms with E-state index in [1.54, 1.807) is 0 Å². The first-order valence-electron chi connectivity index (χ1n) is 4.12. The Morgan fingerprint density at radius 1 is 0.812 bits per heavy atom. The number of hydrogen-bond donors (Lipinski definition) is 3. The average molecular weight is 284 g/mol. The Hall–Kier alpha value is -0.671. The Balaban J connectivity index is 0. The van der Waals surface area contributed by atoms with Crippen LogP contribution in [0, 0.1) is 0 Å². The van der Waals surface area contributed by atoms with Crippen molar-refractivity contribution in [2.24, 2.45) is 0 Å². The minimum absolute atomic E-state index is 0. The van der Waals surface area contributed by atoms with Gasteiger partial charge in [0.05, 0.1) is 0 Å². The maximum atomic E-state index is 8.88. The van der Waals surface area contributed by atoms with Crippen molar-refractivity contribution in [3.63, 3.8) is 0 Å². The van der Waals surface area contributed by atoms with Gasteiger partial charge in [-0.05, 0) is 0 Å². The van der Waals surface area contributed by atoms with Gasteiger partial charge >= 0.3 is 7.82 Å². The maximum Gasteiger partial charge on any atom is 0.466 e. The predicted octanol–water partition coefficient (Wildman–Crippen LogP) is 1.88. The molecule has 0 fully saturated rings. The van der Waals surface area contributed by atoms with Gasteiger partial charge in [-0.2, -0.15) is 18.2 Å². The molecule has 0 amide bonds. The van der Waals surface area contributed by atoms with E-state index in [4.69, 9.17) is 19.2 Å². The third-order valence-corrected chi connectivity index (χ3v) is 1.11. The van der Waals surface area contributed by atoms with E-state index in [0.29, 0.717) is 0 Å². The van der Waals surface area contributed by atoms with Crippen LogP contribution in [0.15, 0.2) is 60.7 Å². The normalized spacial score (nSPS) is 8.69. The van der Waals surface area contributed by atoms with Crippen LogP contribution >= 0.6 is 7.82 Å². The van der Waals surface area contributed by atoms with Crippen molar-refractivity contribution in [3.8, 4) is 0 Å². The molecule has 0 spiro atoms. The Labute approximate surface area is 105 Å². The molecule has 0 unspecified atom stereocenters. The van der Waals surface area contributed by atoms with E-state index in [1.165, 1.54) is 0 Å². The molecule has 2 aromatic rings. The van der Waals surface area contributed by atoms with E-state index < -0.39 is 7.82 Å². The minimum atomic E-state index is -4.64. The summed E-state index contributed by atoms with van der Waals surface area (Å²) in [5.74, 6) is 0. The molecule has 0 heterocycles. The zero-order valence-corrected chi connectivity index (χ0v) is 10.3. The van der Waals surface area contributed by atoms with E-state index in [1.807, 2.05) is 60.7 Å². The van der Waals surface area contributed by atoms with E-state index in [9.17, 15) is 0 Å². The molecule has 0 saturated heterocycles. The molecule has 0 radical (unpaired) electrons. The van der Waals surface area contributed by atoms with Crippen molar-refractivity contribution in [1.82, 2.24) is 0 Å². The summed E-state index contributed by atoms with van der Waals surface area (Å²) in [6.07, 6.45) is 0. The molecule has 0 bridgehead atoms. The summed E-state index contributed by atoms with van der Waals surface area (Å²) in [7, 11) is -4.64. The molecule has 0 aliphatic rings. The zero-order valence-electron chi connectivity index (χ0n) is 8.32. The van der Waals surface area contributed by atoms with E-state index in [0.717, 1.165) is 0 Å². The smallest absolute Gasteiger partial charge is 0.466 e. The summed E-state index contributed by atoms with van der Waals surface area (Å²) in [5, 5.41) is 0. The first-order valence-corrected chi connectivity index (χ1v) is 5.68. The van der Waals surface area contributed by atoms with Crippen LogP contribution in [0.5, 0.6) is 0 Å². The number of rotatable bonds is 0. The number of hydrogen-bond acceptors (Lipinski definition) is 1. The van der Waals surface area contributed by atoms with Crippen LogP contribution in [-0.4, -0.2) is 14.7 Å². The minimum Gasteiger partial charge on any atom is -0.748 e. The average Bonchev–Trinajstić information content (AvgIpc) is 2.81. The fourth-order valence-corrected chi connectivity index (χ4v) is 0.642. The van der Waals surface area contributed by atoms with Gasteiger partial charge in [-0.15, -0.1) is 0 Å². The Kier molecular flexibility index (Phi) is 12.0. The van der Waals surface area contributed by atoms with Crippen LogP contribution in [0.1, 0.15) is 0 Å². The van der Waals surface area contributed by atoms with Gasteiger partial charge in [0.2, 0.25) is 0 Å². The van der Waals surface area contributed by atoms with E-state index >= 15 is 0 Å². The molecule has 96 valence electrons. The molecule has 0 aliphatic carbocycles. The largest absolute Gasteiger partial charge is 0.748 e. The molecule has 3 N–H and O–H groups in total. The molecule has 0 aliphatic heterocycles. The summed E-state index contributed by atoms with van der Waals surface area (Å²) >= 11 is 0. The fourth-order valence-electron chi connectivity index (χ4n) is 0.642. The molecule has 16 heavy (non-hydrogen) atoms. The molecular weight excluding hydrogens is 271 g/mol. The molecule has 0 aromatic heterocycles. The second-order valence-corrected chi connectivity index (χ2v) is 3.46. The van der Waals surface area contributed by atoms with Crippen LogP contribution in [0.3, 0.4) is 0 Å². The van der Waals surface area contributed by atoms with Gasteiger partial charge in [-0.25, -0.2) is 16.7 Å². The van der Waals surface area contributed by atoms with Crippen molar-refractivity contribution in [1.29, 1.82) is 0 Å². The van der Waals surface area contributed by atoms with Gasteiger partial charge in [0.15, 0.2) is 0 Å². The first kappa shape index (κ1) is 17.7. The van der Waals surface area contributed by atoms with Gasteiger partial charge in [0, 0.05) is 17.1 Å². The fraction of sp³-hybridized carbons (Fsp3) is 0. The van der Waals surface area contributed by atoms with Crippen LogP contribution in [0.4, 0.5) is 0 Å². The second-order valence-electron chi connectivity index (χ2n) is 2.44. The van der Waals surface area contributed by atoms with E-state index in [-0.39, 0.29) is 17.1 Å². The molecule has 0 atom stereocenters. The third-order valence-electron chi connectivity index (χ3n) is 1.11.